The van der Waals surface area contributed by atoms with Crippen LogP contribution in [0.5, 0.6) is 0 Å². The zero-order valence-electron chi connectivity index (χ0n) is 10.2. The van der Waals surface area contributed by atoms with Gasteiger partial charge in [-0.05, 0) is 38.2 Å². The second kappa shape index (κ2) is 5.61. The van der Waals surface area contributed by atoms with Crippen molar-refractivity contribution in [2.75, 3.05) is 6.61 Å². The van der Waals surface area contributed by atoms with Crippen LogP contribution in [0, 0.1) is 12.7 Å². The van der Waals surface area contributed by atoms with E-state index in [0.29, 0.717) is 17.5 Å². The number of aliphatic hydroxyl groups excluding tert-OH is 1. The highest BCUT2D eigenvalue weighted by Gasteiger charge is 2.19. The summed E-state index contributed by atoms with van der Waals surface area (Å²) >= 11 is 0. The van der Waals surface area contributed by atoms with E-state index in [2.05, 4.69) is 0 Å². The summed E-state index contributed by atoms with van der Waals surface area (Å²) in [5, 5.41) is 9.99. The molecule has 1 aliphatic rings. The van der Waals surface area contributed by atoms with Crippen LogP contribution in [0.15, 0.2) is 18.2 Å². The topological polar surface area (TPSA) is 29.5 Å². The molecule has 0 bridgehead atoms. The van der Waals surface area contributed by atoms with Gasteiger partial charge in [-0.3, -0.25) is 0 Å². The van der Waals surface area contributed by atoms with E-state index in [9.17, 15) is 9.50 Å². The highest BCUT2D eigenvalue weighted by Crippen LogP contribution is 2.26. The van der Waals surface area contributed by atoms with Gasteiger partial charge >= 0.3 is 0 Å². The van der Waals surface area contributed by atoms with Crippen molar-refractivity contribution in [3.05, 3.63) is 35.1 Å². The van der Waals surface area contributed by atoms with Gasteiger partial charge < -0.3 is 9.84 Å². The van der Waals surface area contributed by atoms with Gasteiger partial charge in [-0.1, -0.05) is 18.2 Å². The maximum atomic E-state index is 13.8. The number of hydrogen-bond acceptors (Lipinski definition) is 2. The van der Waals surface area contributed by atoms with Crippen molar-refractivity contribution in [3.63, 3.8) is 0 Å². The third-order valence-corrected chi connectivity index (χ3v) is 3.37. The van der Waals surface area contributed by atoms with E-state index >= 15 is 0 Å². The molecule has 0 saturated carbocycles. The molecule has 2 unspecified atom stereocenters. The summed E-state index contributed by atoms with van der Waals surface area (Å²) in [4.78, 5) is 0. The lowest BCUT2D eigenvalue weighted by atomic mass is 10.00. The van der Waals surface area contributed by atoms with E-state index in [4.69, 9.17) is 4.74 Å². The van der Waals surface area contributed by atoms with Crippen molar-refractivity contribution < 1.29 is 14.2 Å². The fourth-order valence-corrected chi connectivity index (χ4v) is 2.30. The van der Waals surface area contributed by atoms with Crippen molar-refractivity contribution in [1.29, 1.82) is 0 Å². The van der Waals surface area contributed by atoms with Gasteiger partial charge in [0.2, 0.25) is 0 Å². The Morgan fingerprint density at radius 3 is 3.06 bits per heavy atom. The van der Waals surface area contributed by atoms with E-state index in [1.807, 2.05) is 0 Å². The number of ether oxygens (including phenoxy) is 1. The quantitative estimate of drug-likeness (QED) is 0.873. The van der Waals surface area contributed by atoms with Crippen molar-refractivity contribution in [2.24, 2.45) is 0 Å². The summed E-state index contributed by atoms with van der Waals surface area (Å²) in [5.41, 5.74) is 0.988. The highest BCUT2D eigenvalue weighted by atomic mass is 19.1. The van der Waals surface area contributed by atoms with Crippen LogP contribution in [0.2, 0.25) is 0 Å². The summed E-state index contributed by atoms with van der Waals surface area (Å²) in [7, 11) is 0. The van der Waals surface area contributed by atoms with Crippen LogP contribution in [0.4, 0.5) is 4.39 Å². The number of hydrogen-bond donors (Lipinski definition) is 1. The fraction of sp³-hybridized carbons (Fsp3) is 0.571. The predicted octanol–water partition coefficient (Wildman–Crippen LogP) is 3.13. The molecular weight excluding hydrogens is 219 g/mol. The van der Waals surface area contributed by atoms with Gasteiger partial charge in [-0.15, -0.1) is 0 Å². The first-order valence-corrected chi connectivity index (χ1v) is 6.23. The largest absolute Gasteiger partial charge is 0.388 e. The molecule has 0 spiro atoms. The van der Waals surface area contributed by atoms with Crippen molar-refractivity contribution in [1.82, 2.24) is 0 Å². The molecule has 1 heterocycles. The summed E-state index contributed by atoms with van der Waals surface area (Å²) in [6.07, 6.45) is 3.04. The van der Waals surface area contributed by atoms with Crippen LogP contribution in [-0.4, -0.2) is 17.8 Å². The first kappa shape index (κ1) is 12.5. The van der Waals surface area contributed by atoms with Crippen LogP contribution < -0.4 is 0 Å². The summed E-state index contributed by atoms with van der Waals surface area (Å²) in [6, 6.07) is 5.15. The molecule has 1 aromatic carbocycles. The van der Waals surface area contributed by atoms with Gasteiger partial charge in [0.05, 0.1) is 12.2 Å². The monoisotopic (exact) mass is 238 g/mol. The van der Waals surface area contributed by atoms with Crippen LogP contribution >= 0.6 is 0 Å². The molecule has 0 aliphatic carbocycles. The maximum absolute atomic E-state index is 13.8. The number of benzene rings is 1. The molecule has 0 amide bonds. The summed E-state index contributed by atoms with van der Waals surface area (Å²) in [6.45, 7) is 2.53. The zero-order valence-corrected chi connectivity index (χ0v) is 10.2. The molecule has 2 rings (SSSR count). The van der Waals surface area contributed by atoms with Crippen LogP contribution in [0.25, 0.3) is 0 Å². The molecule has 0 radical (unpaired) electrons. The maximum Gasteiger partial charge on any atom is 0.131 e. The molecule has 3 heteroatoms. The smallest absolute Gasteiger partial charge is 0.131 e. The number of aryl methyl sites for hydroxylation is 1. The molecule has 94 valence electrons. The Balaban J connectivity index is 1.94. The number of aliphatic hydroxyl groups is 1. The van der Waals surface area contributed by atoms with Gasteiger partial charge in [0.25, 0.3) is 0 Å². The molecule has 1 aromatic rings. The zero-order chi connectivity index (χ0) is 12.3. The second-order valence-corrected chi connectivity index (χ2v) is 4.71. The van der Waals surface area contributed by atoms with Crippen molar-refractivity contribution in [3.8, 4) is 0 Å². The lowest BCUT2D eigenvalue weighted by Crippen LogP contribution is -2.09. The fourth-order valence-electron chi connectivity index (χ4n) is 2.30. The Morgan fingerprint density at radius 1 is 1.53 bits per heavy atom. The van der Waals surface area contributed by atoms with E-state index in [0.717, 1.165) is 25.9 Å². The SMILES string of the molecule is Cc1cccc(C(O)CCC2CCCO2)c1F. The third-order valence-electron chi connectivity index (χ3n) is 3.37. The normalized spacial score (nSPS) is 21.7. The molecule has 1 fully saturated rings. The van der Waals surface area contributed by atoms with Gasteiger partial charge in [-0.25, -0.2) is 4.39 Å². The second-order valence-electron chi connectivity index (χ2n) is 4.71. The lowest BCUT2D eigenvalue weighted by Gasteiger charge is -2.15. The van der Waals surface area contributed by atoms with Gasteiger partial charge in [0, 0.05) is 12.2 Å². The average molecular weight is 238 g/mol. The van der Waals surface area contributed by atoms with Gasteiger partial charge in [-0.2, -0.15) is 0 Å². The molecule has 2 atom stereocenters. The minimum Gasteiger partial charge on any atom is -0.388 e. The Bertz CT molecular complexity index is 372. The molecular formula is C14H19FO2. The summed E-state index contributed by atoms with van der Waals surface area (Å²) in [5.74, 6) is -0.285. The molecule has 17 heavy (non-hydrogen) atoms. The van der Waals surface area contributed by atoms with Crippen LogP contribution in [0.3, 0.4) is 0 Å². The van der Waals surface area contributed by atoms with Crippen LogP contribution in [0.1, 0.15) is 42.9 Å². The Morgan fingerprint density at radius 2 is 2.35 bits per heavy atom. The first-order valence-electron chi connectivity index (χ1n) is 6.23. The first-order chi connectivity index (χ1) is 8.18. The van der Waals surface area contributed by atoms with Crippen molar-refractivity contribution in [2.45, 2.75) is 44.8 Å². The Kier molecular flexibility index (Phi) is 4.13. The van der Waals surface area contributed by atoms with E-state index in [1.165, 1.54) is 0 Å². The molecule has 1 saturated heterocycles. The Hall–Kier alpha value is -0.930. The molecule has 0 aromatic heterocycles. The molecule has 1 N–H and O–H groups in total. The molecule has 1 aliphatic heterocycles. The van der Waals surface area contributed by atoms with E-state index < -0.39 is 6.10 Å². The molecule has 2 nitrogen and oxygen atoms in total. The standard InChI is InChI=1S/C14H19FO2/c1-10-4-2-6-12(14(10)15)13(16)8-7-11-5-3-9-17-11/h2,4,6,11,13,16H,3,5,7-9H2,1H3. The van der Waals surface area contributed by atoms with E-state index in [1.54, 1.807) is 25.1 Å². The Labute approximate surface area is 101 Å². The highest BCUT2D eigenvalue weighted by molar-refractivity contribution is 5.26. The third kappa shape index (κ3) is 3.05. The minimum atomic E-state index is -0.723. The predicted molar refractivity (Wildman–Crippen MR) is 64.3 cm³/mol. The summed E-state index contributed by atoms with van der Waals surface area (Å²) < 4.78 is 19.2. The van der Waals surface area contributed by atoms with E-state index in [-0.39, 0.29) is 11.9 Å². The van der Waals surface area contributed by atoms with Gasteiger partial charge in [0.1, 0.15) is 5.82 Å². The lowest BCUT2D eigenvalue weighted by molar-refractivity contribution is 0.0803. The number of halogens is 1. The van der Waals surface area contributed by atoms with Crippen molar-refractivity contribution >= 4 is 0 Å². The van der Waals surface area contributed by atoms with Crippen LogP contribution in [-0.2, 0) is 4.74 Å². The number of rotatable bonds is 4. The van der Waals surface area contributed by atoms with Gasteiger partial charge in [0.15, 0.2) is 0 Å². The minimum absolute atomic E-state index is 0.248. The average Bonchev–Trinajstić information content (AvgIpc) is 2.82.